The van der Waals surface area contributed by atoms with Crippen molar-refractivity contribution < 1.29 is 4.74 Å². The van der Waals surface area contributed by atoms with Gasteiger partial charge in [0.2, 0.25) is 0 Å². The fraction of sp³-hybridized carbons (Fsp3) is 0.778. The van der Waals surface area contributed by atoms with Crippen molar-refractivity contribution in [2.45, 2.75) is 51.1 Å². The molecule has 2 atom stereocenters. The van der Waals surface area contributed by atoms with Gasteiger partial charge in [-0.25, -0.2) is 0 Å². The molecule has 2 fully saturated rings. The lowest BCUT2D eigenvalue weighted by Crippen LogP contribution is -2.43. The largest absolute Gasteiger partial charge is 0.494 e. The van der Waals surface area contributed by atoms with Gasteiger partial charge in [0.05, 0.1) is 6.04 Å². The first-order valence-corrected chi connectivity index (χ1v) is 9.09. The summed E-state index contributed by atoms with van der Waals surface area (Å²) < 4.78 is 6.30. The van der Waals surface area contributed by atoms with Crippen molar-refractivity contribution in [2.24, 2.45) is 5.92 Å². The van der Waals surface area contributed by atoms with E-state index < -0.39 is 0 Å². The number of likely N-dealkylation sites (tertiary alicyclic amines) is 1. The van der Waals surface area contributed by atoms with Gasteiger partial charge in [0.1, 0.15) is 12.4 Å². The highest BCUT2D eigenvalue weighted by atomic mass is 16.5. The van der Waals surface area contributed by atoms with E-state index in [9.17, 15) is 0 Å². The second-order valence-electron chi connectivity index (χ2n) is 6.78. The molecule has 0 aromatic rings. The fourth-order valence-corrected chi connectivity index (χ4v) is 3.95. The summed E-state index contributed by atoms with van der Waals surface area (Å²) in [6.07, 6.45) is 12.6. The Morgan fingerprint density at radius 3 is 2.77 bits per heavy atom. The van der Waals surface area contributed by atoms with Gasteiger partial charge in [-0.05, 0) is 82.6 Å². The van der Waals surface area contributed by atoms with Crippen LogP contribution in [0.2, 0.25) is 0 Å². The second-order valence-corrected chi connectivity index (χ2v) is 6.78. The van der Waals surface area contributed by atoms with E-state index in [2.05, 4.69) is 40.8 Å². The van der Waals surface area contributed by atoms with Gasteiger partial charge in [0, 0.05) is 6.04 Å². The van der Waals surface area contributed by atoms with Crippen molar-refractivity contribution >= 4 is 0 Å². The SMILES string of the molecule is CC[C@H](COC1=CC=CNC1C1CCNCC1)N1CCCC1. The van der Waals surface area contributed by atoms with Crippen molar-refractivity contribution in [2.75, 3.05) is 32.8 Å². The number of allylic oxidation sites excluding steroid dienone is 2. The summed E-state index contributed by atoms with van der Waals surface area (Å²) in [4.78, 5) is 2.60. The molecular weight excluding hydrogens is 274 g/mol. The maximum atomic E-state index is 6.30. The molecule has 0 aliphatic carbocycles. The van der Waals surface area contributed by atoms with Crippen LogP contribution in [-0.2, 0) is 4.74 Å². The summed E-state index contributed by atoms with van der Waals surface area (Å²) >= 11 is 0. The Labute approximate surface area is 135 Å². The van der Waals surface area contributed by atoms with Gasteiger partial charge in [0.25, 0.3) is 0 Å². The normalized spacial score (nSPS) is 28.2. The number of hydrogen-bond donors (Lipinski definition) is 2. The van der Waals surface area contributed by atoms with Crippen molar-refractivity contribution in [1.29, 1.82) is 0 Å². The van der Waals surface area contributed by atoms with Gasteiger partial charge in [-0.3, -0.25) is 4.90 Å². The smallest absolute Gasteiger partial charge is 0.119 e. The molecule has 3 aliphatic heterocycles. The Kier molecular flexibility index (Phi) is 5.79. The summed E-state index contributed by atoms with van der Waals surface area (Å²) in [7, 11) is 0. The van der Waals surface area contributed by atoms with Crippen LogP contribution in [0.3, 0.4) is 0 Å². The van der Waals surface area contributed by atoms with Crippen LogP contribution in [0.15, 0.2) is 24.1 Å². The quantitative estimate of drug-likeness (QED) is 0.789. The highest BCUT2D eigenvalue weighted by Gasteiger charge is 2.29. The lowest BCUT2D eigenvalue weighted by atomic mass is 9.88. The van der Waals surface area contributed by atoms with Crippen LogP contribution in [-0.4, -0.2) is 49.8 Å². The molecule has 3 aliphatic rings. The molecule has 0 bridgehead atoms. The second kappa shape index (κ2) is 8.02. The predicted octanol–water partition coefficient (Wildman–Crippen LogP) is 2.25. The third kappa shape index (κ3) is 3.85. The molecular formula is C18H31N3O. The van der Waals surface area contributed by atoms with Crippen LogP contribution in [0.4, 0.5) is 0 Å². The van der Waals surface area contributed by atoms with E-state index in [1.807, 2.05) is 0 Å². The molecule has 0 amide bonds. The molecule has 1 unspecified atom stereocenters. The zero-order valence-electron chi connectivity index (χ0n) is 13.9. The molecule has 0 aromatic carbocycles. The van der Waals surface area contributed by atoms with E-state index in [0.29, 0.717) is 18.0 Å². The Balaban J connectivity index is 1.56. The molecule has 22 heavy (non-hydrogen) atoms. The number of ether oxygens (including phenoxy) is 1. The van der Waals surface area contributed by atoms with Crippen molar-refractivity contribution in [3.8, 4) is 0 Å². The topological polar surface area (TPSA) is 36.5 Å². The van der Waals surface area contributed by atoms with Gasteiger partial charge in [-0.15, -0.1) is 0 Å². The minimum absolute atomic E-state index is 0.364. The van der Waals surface area contributed by atoms with E-state index >= 15 is 0 Å². The summed E-state index contributed by atoms with van der Waals surface area (Å²) in [5.74, 6) is 1.83. The molecule has 4 heteroatoms. The van der Waals surface area contributed by atoms with Gasteiger partial charge in [-0.1, -0.05) is 6.92 Å². The Morgan fingerprint density at radius 2 is 2.05 bits per heavy atom. The number of hydrogen-bond acceptors (Lipinski definition) is 4. The minimum atomic E-state index is 0.364. The highest BCUT2D eigenvalue weighted by Crippen LogP contribution is 2.25. The van der Waals surface area contributed by atoms with Crippen LogP contribution in [0.5, 0.6) is 0 Å². The third-order valence-electron chi connectivity index (χ3n) is 5.36. The van der Waals surface area contributed by atoms with E-state index in [-0.39, 0.29) is 0 Å². The molecule has 3 rings (SSSR count). The highest BCUT2D eigenvalue weighted by molar-refractivity contribution is 5.20. The monoisotopic (exact) mass is 305 g/mol. The first kappa shape index (κ1) is 15.9. The predicted molar refractivity (Wildman–Crippen MR) is 90.6 cm³/mol. The summed E-state index contributed by atoms with van der Waals surface area (Å²) in [5, 5.41) is 6.99. The number of nitrogens with zero attached hydrogens (tertiary/aromatic N) is 1. The molecule has 0 aromatic heterocycles. The maximum Gasteiger partial charge on any atom is 0.119 e. The lowest BCUT2D eigenvalue weighted by molar-refractivity contribution is 0.0912. The van der Waals surface area contributed by atoms with Crippen molar-refractivity contribution in [3.63, 3.8) is 0 Å². The molecule has 4 nitrogen and oxygen atoms in total. The van der Waals surface area contributed by atoms with E-state index in [4.69, 9.17) is 4.74 Å². The summed E-state index contributed by atoms with van der Waals surface area (Å²) in [5.41, 5.74) is 0. The van der Waals surface area contributed by atoms with Crippen LogP contribution < -0.4 is 10.6 Å². The Hall–Kier alpha value is -1.00. The summed E-state index contributed by atoms with van der Waals surface area (Å²) in [6, 6.07) is 0.936. The molecule has 0 radical (unpaired) electrons. The average molecular weight is 305 g/mol. The van der Waals surface area contributed by atoms with E-state index in [1.165, 1.54) is 45.2 Å². The molecule has 0 saturated carbocycles. The third-order valence-corrected chi connectivity index (χ3v) is 5.36. The van der Waals surface area contributed by atoms with Gasteiger partial charge >= 0.3 is 0 Å². The fourth-order valence-electron chi connectivity index (χ4n) is 3.95. The Morgan fingerprint density at radius 1 is 1.27 bits per heavy atom. The summed E-state index contributed by atoms with van der Waals surface area (Å²) in [6.45, 7) is 7.87. The zero-order chi connectivity index (χ0) is 15.2. The zero-order valence-corrected chi connectivity index (χ0v) is 13.9. The number of rotatable bonds is 6. The number of nitrogens with one attached hydrogen (secondary N) is 2. The van der Waals surface area contributed by atoms with Gasteiger partial charge < -0.3 is 15.4 Å². The lowest BCUT2D eigenvalue weighted by Gasteiger charge is -2.35. The minimum Gasteiger partial charge on any atom is -0.494 e. The van der Waals surface area contributed by atoms with Gasteiger partial charge in [-0.2, -0.15) is 0 Å². The molecule has 2 saturated heterocycles. The van der Waals surface area contributed by atoms with Crippen LogP contribution in [0.25, 0.3) is 0 Å². The van der Waals surface area contributed by atoms with Crippen LogP contribution in [0, 0.1) is 5.92 Å². The molecule has 2 N–H and O–H groups in total. The van der Waals surface area contributed by atoms with E-state index in [1.54, 1.807) is 0 Å². The standard InChI is InChI=1S/C18H31N3O/c1-2-16(21-12-3-4-13-21)14-22-17-6-5-9-20-18(17)15-7-10-19-11-8-15/h5-6,9,15-16,18-20H,2-4,7-8,10-14H2,1H3/t16-,18?/m1/s1. The van der Waals surface area contributed by atoms with E-state index in [0.717, 1.165) is 25.5 Å². The first-order chi connectivity index (χ1) is 10.9. The van der Waals surface area contributed by atoms with Crippen molar-refractivity contribution in [3.05, 3.63) is 24.1 Å². The van der Waals surface area contributed by atoms with Crippen LogP contribution in [0.1, 0.15) is 39.0 Å². The number of piperidine rings is 1. The van der Waals surface area contributed by atoms with Gasteiger partial charge in [0.15, 0.2) is 0 Å². The maximum absolute atomic E-state index is 6.30. The molecule has 124 valence electrons. The van der Waals surface area contributed by atoms with Crippen LogP contribution >= 0.6 is 0 Å². The molecule has 0 spiro atoms. The molecule has 3 heterocycles. The Bertz CT molecular complexity index is 395. The number of dihydropyridines is 1. The average Bonchev–Trinajstić information content (AvgIpc) is 3.11. The first-order valence-electron chi connectivity index (χ1n) is 9.09. The van der Waals surface area contributed by atoms with Crippen molar-refractivity contribution in [1.82, 2.24) is 15.5 Å².